The summed E-state index contributed by atoms with van der Waals surface area (Å²) in [4.78, 5) is 12.9. The second-order valence-corrected chi connectivity index (χ2v) is 12.0. The Hall–Kier alpha value is -2.64. The lowest BCUT2D eigenvalue weighted by Crippen LogP contribution is -2.51. The lowest BCUT2D eigenvalue weighted by atomic mass is 9.47. The van der Waals surface area contributed by atoms with Crippen LogP contribution in [0.2, 0.25) is 0 Å². The van der Waals surface area contributed by atoms with Crippen LogP contribution in [0.4, 0.5) is 0 Å². The Morgan fingerprint density at radius 1 is 1.18 bits per heavy atom. The van der Waals surface area contributed by atoms with Crippen molar-refractivity contribution in [2.75, 3.05) is 0 Å². The van der Waals surface area contributed by atoms with E-state index in [0.29, 0.717) is 17.6 Å². The Bertz CT molecular complexity index is 1270. The predicted molar refractivity (Wildman–Crippen MR) is 129 cm³/mol. The van der Waals surface area contributed by atoms with Gasteiger partial charge in [0.2, 0.25) is 10.0 Å². The zero-order chi connectivity index (χ0) is 24.3. The number of rotatable bonds is 4. The summed E-state index contributed by atoms with van der Waals surface area (Å²) in [6.07, 6.45) is 7.36. The van der Waals surface area contributed by atoms with E-state index in [1.54, 1.807) is 12.1 Å². The SMILES string of the molecule is C=CC12CCc3cc(O)ccc3C1CC[C@@]1(C)C2CC[C@@H]1OC(=O)c1cccc(S(N)(=O)=O)c1. The van der Waals surface area contributed by atoms with E-state index in [4.69, 9.17) is 9.88 Å². The number of hydrogen-bond acceptors (Lipinski definition) is 5. The molecule has 3 aliphatic rings. The average Bonchev–Trinajstić information content (AvgIpc) is 3.14. The molecule has 3 aliphatic carbocycles. The monoisotopic (exact) mass is 481 g/mol. The van der Waals surface area contributed by atoms with Crippen molar-refractivity contribution >= 4 is 16.0 Å². The number of sulfonamides is 1. The van der Waals surface area contributed by atoms with Crippen molar-refractivity contribution in [3.8, 4) is 5.75 Å². The van der Waals surface area contributed by atoms with E-state index in [1.165, 1.54) is 29.3 Å². The highest BCUT2D eigenvalue weighted by Gasteiger charge is 2.62. The molecule has 5 atom stereocenters. The molecule has 0 aliphatic heterocycles. The number of carbonyl (C=O) groups is 1. The molecule has 2 saturated carbocycles. The Kier molecular flexibility index (Phi) is 5.41. The largest absolute Gasteiger partial charge is 0.508 e. The number of carbonyl (C=O) groups excluding carboxylic acids is 1. The summed E-state index contributed by atoms with van der Waals surface area (Å²) >= 11 is 0. The number of allylic oxidation sites excluding steroid dienone is 1. The first-order valence-electron chi connectivity index (χ1n) is 11.9. The third-order valence-corrected chi connectivity index (χ3v) is 9.79. The predicted octanol–water partition coefficient (Wildman–Crippen LogP) is 4.68. The number of nitrogens with two attached hydrogens (primary N) is 1. The number of aryl methyl sites for hydroxylation is 1. The summed E-state index contributed by atoms with van der Waals surface area (Å²) in [6.45, 7) is 6.52. The van der Waals surface area contributed by atoms with Crippen LogP contribution >= 0.6 is 0 Å². The zero-order valence-corrected chi connectivity index (χ0v) is 20.2. The summed E-state index contributed by atoms with van der Waals surface area (Å²) in [7, 11) is -3.90. The number of esters is 1. The van der Waals surface area contributed by atoms with Crippen LogP contribution in [0, 0.1) is 16.7 Å². The molecule has 180 valence electrons. The van der Waals surface area contributed by atoms with Crippen LogP contribution in [0.15, 0.2) is 60.0 Å². The van der Waals surface area contributed by atoms with Crippen LogP contribution in [0.5, 0.6) is 5.75 Å². The third kappa shape index (κ3) is 3.48. The number of ether oxygens (including phenoxy) is 1. The summed E-state index contributed by atoms with van der Waals surface area (Å²) in [5.41, 5.74) is 2.46. The number of aromatic hydroxyl groups is 1. The Labute approximate surface area is 200 Å². The van der Waals surface area contributed by atoms with Crippen LogP contribution < -0.4 is 5.14 Å². The van der Waals surface area contributed by atoms with Gasteiger partial charge in [-0.15, -0.1) is 6.58 Å². The maximum atomic E-state index is 13.0. The van der Waals surface area contributed by atoms with Crippen molar-refractivity contribution in [2.45, 2.75) is 62.4 Å². The second kappa shape index (κ2) is 7.95. The molecule has 7 heteroatoms. The highest BCUT2D eigenvalue weighted by Crippen LogP contribution is 2.68. The van der Waals surface area contributed by atoms with Crippen LogP contribution in [0.25, 0.3) is 0 Å². The van der Waals surface area contributed by atoms with Gasteiger partial charge in [0.25, 0.3) is 0 Å². The zero-order valence-electron chi connectivity index (χ0n) is 19.4. The number of hydrogen-bond donors (Lipinski definition) is 2. The normalized spacial score (nSPS) is 32.2. The number of primary sulfonamides is 1. The van der Waals surface area contributed by atoms with Crippen LogP contribution in [-0.2, 0) is 21.2 Å². The van der Waals surface area contributed by atoms with Crippen LogP contribution in [-0.4, -0.2) is 25.6 Å². The van der Waals surface area contributed by atoms with Gasteiger partial charge in [-0.1, -0.05) is 25.1 Å². The quantitative estimate of drug-likeness (QED) is 0.487. The van der Waals surface area contributed by atoms with Crippen molar-refractivity contribution in [1.82, 2.24) is 0 Å². The molecule has 34 heavy (non-hydrogen) atoms. The van der Waals surface area contributed by atoms with Crippen molar-refractivity contribution in [2.24, 2.45) is 21.9 Å². The van der Waals surface area contributed by atoms with E-state index in [2.05, 4.69) is 25.6 Å². The molecule has 0 spiro atoms. The molecule has 5 rings (SSSR count). The van der Waals surface area contributed by atoms with E-state index in [9.17, 15) is 18.3 Å². The van der Waals surface area contributed by atoms with Gasteiger partial charge in [0.15, 0.2) is 0 Å². The molecule has 0 radical (unpaired) electrons. The fraction of sp³-hybridized carbons (Fsp3) is 0.444. The molecule has 3 N–H and O–H groups in total. The average molecular weight is 482 g/mol. The standard InChI is InChI=1S/C27H31NO5S/c1-3-27-14-11-17-15-19(29)7-8-21(17)22(27)12-13-26(2)23(27)9-10-24(26)33-25(30)18-5-4-6-20(16-18)34(28,31)32/h3-8,15-16,22-24,29H,1,9-14H2,2H3,(H2,28,31,32)/t22?,23?,24-,26-,27?/m0/s1. The lowest BCUT2D eigenvalue weighted by molar-refractivity contribution is -0.0641. The second-order valence-electron chi connectivity index (χ2n) is 10.4. The van der Waals surface area contributed by atoms with Crippen molar-refractivity contribution in [3.05, 3.63) is 71.8 Å². The van der Waals surface area contributed by atoms with Crippen LogP contribution in [0.1, 0.15) is 66.4 Å². The van der Waals surface area contributed by atoms with Gasteiger partial charge in [-0.05, 0) is 97.2 Å². The van der Waals surface area contributed by atoms with Crippen molar-refractivity contribution in [1.29, 1.82) is 0 Å². The van der Waals surface area contributed by atoms with Gasteiger partial charge in [-0.25, -0.2) is 18.4 Å². The Balaban J connectivity index is 1.42. The van der Waals surface area contributed by atoms with Gasteiger partial charge in [0.1, 0.15) is 11.9 Å². The van der Waals surface area contributed by atoms with Gasteiger partial charge in [0.05, 0.1) is 10.5 Å². The summed E-state index contributed by atoms with van der Waals surface area (Å²) in [6, 6.07) is 11.5. The van der Waals surface area contributed by atoms with Gasteiger partial charge >= 0.3 is 5.97 Å². The summed E-state index contributed by atoms with van der Waals surface area (Å²) in [5, 5.41) is 15.2. The Morgan fingerprint density at radius 3 is 2.71 bits per heavy atom. The maximum absolute atomic E-state index is 13.0. The molecule has 0 saturated heterocycles. The minimum absolute atomic E-state index is 0.0777. The molecular weight excluding hydrogens is 450 g/mol. The molecule has 2 aromatic rings. The molecule has 0 aromatic heterocycles. The van der Waals surface area contributed by atoms with E-state index < -0.39 is 16.0 Å². The lowest BCUT2D eigenvalue weighted by Gasteiger charge is -2.57. The Morgan fingerprint density at radius 2 is 1.97 bits per heavy atom. The number of phenolic OH excluding ortho intramolecular Hbond substituents is 1. The molecule has 0 amide bonds. The van der Waals surface area contributed by atoms with Gasteiger partial charge in [-0.3, -0.25) is 0 Å². The first-order valence-corrected chi connectivity index (χ1v) is 13.4. The molecule has 0 heterocycles. The first kappa shape index (κ1) is 23.1. The van der Waals surface area contributed by atoms with E-state index in [1.807, 2.05) is 6.07 Å². The minimum Gasteiger partial charge on any atom is -0.508 e. The molecule has 6 nitrogen and oxygen atoms in total. The third-order valence-electron chi connectivity index (χ3n) is 8.88. The maximum Gasteiger partial charge on any atom is 0.338 e. The van der Waals surface area contributed by atoms with E-state index in [-0.39, 0.29) is 27.4 Å². The highest BCUT2D eigenvalue weighted by atomic mass is 32.2. The molecule has 3 unspecified atom stereocenters. The number of phenols is 1. The molecule has 2 aromatic carbocycles. The van der Waals surface area contributed by atoms with Gasteiger partial charge in [0, 0.05) is 5.41 Å². The fourth-order valence-electron chi connectivity index (χ4n) is 7.26. The van der Waals surface area contributed by atoms with Crippen molar-refractivity contribution < 1.29 is 23.1 Å². The smallest absolute Gasteiger partial charge is 0.338 e. The topological polar surface area (TPSA) is 107 Å². The van der Waals surface area contributed by atoms with E-state index in [0.717, 1.165) is 38.5 Å². The summed E-state index contributed by atoms with van der Waals surface area (Å²) < 4.78 is 29.5. The van der Waals surface area contributed by atoms with Gasteiger partial charge < -0.3 is 9.84 Å². The first-order chi connectivity index (χ1) is 16.1. The molecule has 2 fully saturated rings. The molecule has 0 bridgehead atoms. The number of benzene rings is 2. The van der Waals surface area contributed by atoms with Gasteiger partial charge in [-0.2, -0.15) is 0 Å². The van der Waals surface area contributed by atoms with Crippen molar-refractivity contribution in [3.63, 3.8) is 0 Å². The fourth-order valence-corrected chi connectivity index (χ4v) is 7.82. The number of fused-ring (bicyclic) bond motifs is 5. The highest BCUT2D eigenvalue weighted by molar-refractivity contribution is 7.89. The van der Waals surface area contributed by atoms with E-state index >= 15 is 0 Å². The minimum atomic E-state index is -3.90. The molecular formula is C27H31NO5S. The summed E-state index contributed by atoms with van der Waals surface area (Å²) in [5.74, 6) is 0.460. The van der Waals surface area contributed by atoms with Crippen LogP contribution in [0.3, 0.4) is 0 Å².